The third-order valence-corrected chi connectivity index (χ3v) is 1.45. The van der Waals surface area contributed by atoms with Gasteiger partial charge in [-0.25, -0.2) is 0 Å². The van der Waals surface area contributed by atoms with Gasteiger partial charge in [0.2, 0.25) is 0 Å². The SMILES string of the molecule is Cc1cncc(C/C(N)=N/O)c1. The molecule has 1 rings (SSSR count). The van der Waals surface area contributed by atoms with Gasteiger partial charge in [0.25, 0.3) is 0 Å². The molecule has 0 aliphatic heterocycles. The first-order valence-corrected chi connectivity index (χ1v) is 3.59. The number of rotatable bonds is 2. The van der Waals surface area contributed by atoms with Crippen LogP contribution in [0.25, 0.3) is 0 Å². The molecule has 0 aliphatic rings. The van der Waals surface area contributed by atoms with E-state index in [9.17, 15) is 0 Å². The fraction of sp³-hybridized carbons (Fsp3) is 0.250. The predicted molar refractivity (Wildman–Crippen MR) is 46.1 cm³/mol. The number of pyridine rings is 1. The van der Waals surface area contributed by atoms with Crippen molar-refractivity contribution in [1.82, 2.24) is 4.98 Å². The second-order valence-electron chi connectivity index (χ2n) is 2.64. The van der Waals surface area contributed by atoms with E-state index in [1.54, 1.807) is 12.4 Å². The molecule has 0 fully saturated rings. The lowest BCUT2D eigenvalue weighted by atomic mass is 10.1. The summed E-state index contributed by atoms with van der Waals surface area (Å²) in [5.41, 5.74) is 7.34. The second kappa shape index (κ2) is 3.71. The van der Waals surface area contributed by atoms with Crippen LogP contribution in [0.1, 0.15) is 11.1 Å². The van der Waals surface area contributed by atoms with E-state index in [1.807, 2.05) is 13.0 Å². The van der Waals surface area contributed by atoms with Crippen LogP contribution < -0.4 is 5.73 Å². The van der Waals surface area contributed by atoms with Gasteiger partial charge >= 0.3 is 0 Å². The molecule has 1 aromatic heterocycles. The topological polar surface area (TPSA) is 71.5 Å². The minimum absolute atomic E-state index is 0.197. The molecule has 0 atom stereocenters. The molecule has 0 aromatic carbocycles. The lowest BCUT2D eigenvalue weighted by Crippen LogP contribution is -2.14. The van der Waals surface area contributed by atoms with Gasteiger partial charge in [-0.2, -0.15) is 0 Å². The zero-order chi connectivity index (χ0) is 8.97. The Labute approximate surface area is 70.7 Å². The molecular formula is C8H11N3O. The largest absolute Gasteiger partial charge is 0.409 e. The maximum Gasteiger partial charge on any atom is 0.143 e. The van der Waals surface area contributed by atoms with Crippen molar-refractivity contribution in [3.8, 4) is 0 Å². The van der Waals surface area contributed by atoms with E-state index in [0.29, 0.717) is 6.42 Å². The van der Waals surface area contributed by atoms with Gasteiger partial charge in [0, 0.05) is 18.8 Å². The monoisotopic (exact) mass is 165 g/mol. The minimum atomic E-state index is 0.197. The fourth-order valence-corrected chi connectivity index (χ4v) is 0.959. The summed E-state index contributed by atoms with van der Waals surface area (Å²) in [7, 11) is 0. The molecule has 1 aromatic rings. The van der Waals surface area contributed by atoms with Gasteiger partial charge in [-0.1, -0.05) is 11.2 Å². The van der Waals surface area contributed by atoms with Gasteiger partial charge in [0.05, 0.1) is 0 Å². The maximum atomic E-state index is 8.31. The van der Waals surface area contributed by atoms with E-state index < -0.39 is 0 Å². The Bertz CT molecular complexity index is 296. The summed E-state index contributed by atoms with van der Waals surface area (Å²) < 4.78 is 0. The molecule has 1 heterocycles. The molecule has 0 bridgehead atoms. The highest BCUT2D eigenvalue weighted by Crippen LogP contribution is 2.01. The van der Waals surface area contributed by atoms with Crippen molar-refractivity contribution in [2.75, 3.05) is 0 Å². The molecular weight excluding hydrogens is 154 g/mol. The zero-order valence-corrected chi connectivity index (χ0v) is 6.86. The summed E-state index contributed by atoms with van der Waals surface area (Å²) in [5, 5.41) is 11.2. The Morgan fingerprint density at radius 2 is 2.42 bits per heavy atom. The van der Waals surface area contributed by atoms with Crippen molar-refractivity contribution in [3.05, 3.63) is 29.6 Å². The van der Waals surface area contributed by atoms with Crippen LogP contribution in [0.5, 0.6) is 0 Å². The lowest BCUT2D eigenvalue weighted by Gasteiger charge is -1.99. The number of aryl methyl sites for hydroxylation is 1. The highest BCUT2D eigenvalue weighted by atomic mass is 16.4. The summed E-state index contributed by atoms with van der Waals surface area (Å²) in [6, 6.07) is 1.95. The smallest absolute Gasteiger partial charge is 0.143 e. The van der Waals surface area contributed by atoms with Gasteiger partial charge in [0.1, 0.15) is 5.84 Å². The van der Waals surface area contributed by atoms with Crippen molar-refractivity contribution in [2.45, 2.75) is 13.3 Å². The van der Waals surface area contributed by atoms with Crippen LogP contribution in [-0.4, -0.2) is 16.0 Å². The van der Waals surface area contributed by atoms with Crippen LogP contribution >= 0.6 is 0 Å². The number of amidine groups is 1. The lowest BCUT2D eigenvalue weighted by molar-refractivity contribution is 0.317. The summed E-state index contributed by atoms with van der Waals surface area (Å²) in [6.07, 6.45) is 3.89. The van der Waals surface area contributed by atoms with Gasteiger partial charge < -0.3 is 10.9 Å². The van der Waals surface area contributed by atoms with Crippen molar-refractivity contribution >= 4 is 5.84 Å². The van der Waals surface area contributed by atoms with E-state index in [4.69, 9.17) is 10.9 Å². The summed E-state index contributed by atoms with van der Waals surface area (Å²) >= 11 is 0. The molecule has 12 heavy (non-hydrogen) atoms. The van der Waals surface area contributed by atoms with Crippen LogP contribution in [0.4, 0.5) is 0 Å². The third-order valence-electron chi connectivity index (χ3n) is 1.45. The first kappa shape index (κ1) is 8.52. The number of nitrogens with two attached hydrogens (primary N) is 1. The third kappa shape index (κ3) is 2.23. The maximum absolute atomic E-state index is 8.31. The Morgan fingerprint density at radius 1 is 1.67 bits per heavy atom. The number of oxime groups is 1. The second-order valence-corrected chi connectivity index (χ2v) is 2.64. The number of hydrogen-bond acceptors (Lipinski definition) is 3. The van der Waals surface area contributed by atoms with Crippen LogP contribution in [0, 0.1) is 6.92 Å². The average Bonchev–Trinajstić information content (AvgIpc) is 2.04. The quantitative estimate of drug-likeness (QED) is 0.293. The van der Waals surface area contributed by atoms with Crippen molar-refractivity contribution < 1.29 is 5.21 Å². The van der Waals surface area contributed by atoms with Gasteiger partial charge in [-0.3, -0.25) is 4.98 Å². The minimum Gasteiger partial charge on any atom is -0.409 e. The van der Waals surface area contributed by atoms with Crippen LogP contribution in [0.3, 0.4) is 0 Å². The van der Waals surface area contributed by atoms with E-state index in [0.717, 1.165) is 11.1 Å². The van der Waals surface area contributed by atoms with Gasteiger partial charge in [0.15, 0.2) is 0 Å². The first-order chi connectivity index (χ1) is 5.72. The average molecular weight is 165 g/mol. The number of nitrogens with zero attached hydrogens (tertiary/aromatic N) is 2. The predicted octanol–water partition coefficient (Wildman–Crippen LogP) is 0.679. The van der Waals surface area contributed by atoms with Crippen LogP contribution in [0.2, 0.25) is 0 Å². The van der Waals surface area contributed by atoms with Crippen LogP contribution in [-0.2, 0) is 6.42 Å². The zero-order valence-electron chi connectivity index (χ0n) is 6.86. The Hall–Kier alpha value is -1.58. The molecule has 0 amide bonds. The fourth-order valence-electron chi connectivity index (χ4n) is 0.959. The summed E-state index contributed by atoms with van der Waals surface area (Å²) in [5.74, 6) is 0.197. The normalized spacial score (nSPS) is 11.6. The molecule has 4 heteroatoms. The highest BCUT2D eigenvalue weighted by molar-refractivity contribution is 5.81. The summed E-state index contributed by atoms with van der Waals surface area (Å²) in [4.78, 5) is 3.98. The molecule has 0 radical (unpaired) electrons. The van der Waals surface area contributed by atoms with E-state index in [1.165, 1.54) is 0 Å². The van der Waals surface area contributed by atoms with Crippen molar-refractivity contribution in [2.24, 2.45) is 10.9 Å². The van der Waals surface area contributed by atoms with Crippen molar-refractivity contribution in [1.29, 1.82) is 0 Å². The van der Waals surface area contributed by atoms with E-state index >= 15 is 0 Å². The first-order valence-electron chi connectivity index (χ1n) is 3.59. The molecule has 64 valence electrons. The number of aromatic nitrogens is 1. The molecule has 0 spiro atoms. The molecule has 0 aliphatic carbocycles. The van der Waals surface area contributed by atoms with Crippen LogP contribution in [0.15, 0.2) is 23.6 Å². The molecule has 3 N–H and O–H groups in total. The molecule has 0 saturated heterocycles. The van der Waals surface area contributed by atoms with E-state index in [-0.39, 0.29) is 5.84 Å². The Morgan fingerprint density at radius 3 is 3.00 bits per heavy atom. The number of hydrogen-bond donors (Lipinski definition) is 2. The van der Waals surface area contributed by atoms with Gasteiger partial charge in [-0.15, -0.1) is 0 Å². The standard InChI is InChI=1S/C8H11N3O/c1-6-2-7(5-10-4-6)3-8(9)11-12/h2,4-5,12H,3H2,1H3,(H2,9,11). The molecule has 0 saturated carbocycles. The Balaban J connectivity index is 2.76. The van der Waals surface area contributed by atoms with Gasteiger partial charge in [-0.05, 0) is 18.1 Å². The van der Waals surface area contributed by atoms with Crippen molar-refractivity contribution in [3.63, 3.8) is 0 Å². The molecule has 0 unspecified atom stereocenters. The van der Waals surface area contributed by atoms with E-state index in [2.05, 4.69) is 10.1 Å². The highest BCUT2D eigenvalue weighted by Gasteiger charge is 1.97. The Kier molecular flexibility index (Phi) is 2.63. The molecule has 4 nitrogen and oxygen atoms in total. The summed E-state index contributed by atoms with van der Waals surface area (Å²) in [6.45, 7) is 1.95.